The Morgan fingerprint density at radius 1 is 0.964 bits per heavy atom. The molecule has 0 aliphatic carbocycles. The molecule has 1 unspecified atom stereocenters. The number of benzene rings is 2. The van der Waals surface area contributed by atoms with Gasteiger partial charge in [-0.1, -0.05) is 63.2 Å². The molecule has 28 heavy (non-hydrogen) atoms. The number of nitrogens with one attached hydrogen (secondary N) is 2. The van der Waals surface area contributed by atoms with Crippen molar-refractivity contribution in [3.8, 4) is 0 Å². The molecule has 1 atom stereocenters. The molecule has 0 bridgehead atoms. The predicted octanol–water partition coefficient (Wildman–Crippen LogP) is 4.63. The number of nitrogens with zero attached hydrogens (tertiary/aromatic N) is 1. The normalized spacial score (nSPS) is 20.5. The molecule has 0 spiro atoms. The van der Waals surface area contributed by atoms with Crippen molar-refractivity contribution in [1.29, 1.82) is 0 Å². The van der Waals surface area contributed by atoms with Crippen LogP contribution in [0.3, 0.4) is 0 Å². The third kappa shape index (κ3) is 4.42. The molecule has 2 aliphatic rings. The first kappa shape index (κ1) is 19.5. The molecule has 2 aromatic carbocycles. The summed E-state index contributed by atoms with van der Waals surface area (Å²) < 4.78 is 0. The Morgan fingerprint density at radius 2 is 1.71 bits per heavy atom. The molecule has 1 fully saturated rings. The number of hydrogen-bond acceptors (Lipinski definition) is 3. The Balaban J connectivity index is 1.71. The quantitative estimate of drug-likeness (QED) is 0.814. The zero-order valence-electron chi connectivity index (χ0n) is 17.7. The van der Waals surface area contributed by atoms with E-state index in [0.29, 0.717) is 5.92 Å². The van der Waals surface area contributed by atoms with Crippen LogP contribution < -0.4 is 10.6 Å². The average molecular weight is 378 g/mol. The van der Waals surface area contributed by atoms with Gasteiger partial charge < -0.3 is 10.6 Å². The summed E-state index contributed by atoms with van der Waals surface area (Å²) in [4.78, 5) is 2.60. The third-order valence-electron chi connectivity index (χ3n) is 6.32. The van der Waals surface area contributed by atoms with Crippen molar-refractivity contribution in [2.24, 2.45) is 5.41 Å². The third-order valence-corrected chi connectivity index (χ3v) is 6.32. The van der Waals surface area contributed by atoms with Gasteiger partial charge >= 0.3 is 0 Å². The second-order valence-electron chi connectivity index (χ2n) is 9.54. The van der Waals surface area contributed by atoms with Gasteiger partial charge in [0.05, 0.1) is 0 Å². The van der Waals surface area contributed by atoms with E-state index in [0.717, 1.165) is 45.7 Å². The van der Waals surface area contributed by atoms with Crippen LogP contribution >= 0.6 is 0 Å². The zero-order chi connectivity index (χ0) is 19.6. The molecule has 0 radical (unpaired) electrons. The molecule has 3 nitrogen and oxygen atoms in total. The fourth-order valence-electron chi connectivity index (χ4n) is 4.85. The van der Waals surface area contributed by atoms with E-state index in [2.05, 4.69) is 78.8 Å². The fourth-order valence-corrected chi connectivity index (χ4v) is 4.85. The van der Waals surface area contributed by atoms with Crippen LogP contribution in [0.1, 0.15) is 55.4 Å². The van der Waals surface area contributed by atoms with Gasteiger partial charge in [0.25, 0.3) is 0 Å². The van der Waals surface area contributed by atoms with E-state index in [1.165, 1.54) is 34.4 Å². The summed E-state index contributed by atoms with van der Waals surface area (Å²) in [7, 11) is 0. The highest BCUT2D eigenvalue weighted by molar-refractivity contribution is 5.63. The van der Waals surface area contributed by atoms with Gasteiger partial charge in [-0.15, -0.1) is 0 Å². The van der Waals surface area contributed by atoms with Gasteiger partial charge in [-0.05, 0) is 46.4 Å². The second kappa shape index (κ2) is 8.26. The van der Waals surface area contributed by atoms with E-state index < -0.39 is 0 Å². The van der Waals surface area contributed by atoms with Crippen LogP contribution in [0.4, 0.5) is 5.69 Å². The van der Waals surface area contributed by atoms with E-state index in [1.54, 1.807) is 0 Å². The smallest absolute Gasteiger partial charge is 0.0421 e. The summed E-state index contributed by atoms with van der Waals surface area (Å²) in [5.74, 6) is 0.612. The summed E-state index contributed by atoms with van der Waals surface area (Å²) >= 11 is 0. The highest BCUT2D eigenvalue weighted by Gasteiger charge is 2.32. The van der Waals surface area contributed by atoms with Crippen LogP contribution in [-0.4, -0.2) is 37.6 Å². The number of rotatable bonds is 4. The van der Waals surface area contributed by atoms with Crippen molar-refractivity contribution in [1.82, 2.24) is 10.2 Å². The largest absolute Gasteiger partial charge is 0.385 e. The Hall–Kier alpha value is -1.84. The number of fused-ring (bicyclic) bond motifs is 1. The molecule has 2 aliphatic heterocycles. The van der Waals surface area contributed by atoms with Gasteiger partial charge in [-0.25, -0.2) is 0 Å². The molecule has 3 heteroatoms. The Bertz CT molecular complexity index is 785. The summed E-state index contributed by atoms with van der Waals surface area (Å²) in [5, 5.41) is 7.25. The molecule has 2 heterocycles. The molecule has 2 N–H and O–H groups in total. The lowest BCUT2D eigenvalue weighted by molar-refractivity contribution is 0.233. The van der Waals surface area contributed by atoms with Crippen molar-refractivity contribution >= 4 is 5.69 Å². The van der Waals surface area contributed by atoms with Gasteiger partial charge in [0.1, 0.15) is 0 Å². The van der Waals surface area contributed by atoms with Crippen LogP contribution in [-0.2, 0) is 13.0 Å². The summed E-state index contributed by atoms with van der Waals surface area (Å²) in [5.41, 5.74) is 7.58. The molecule has 0 aromatic heterocycles. The van der Waals surface area contributed by atoms with Gasteiger partial charge in [-0.2, -0.15) is 0 Å². The van der Waals surface area contributed by atoms with E-state index in [9.17, 15) is 0 Å². The van der Waals surface area contributed by atoms with Crippen LogP contribution in [0.5, 0.6) is 0 Å². The van der Waals surface area contributed by atoms with Crippen molar-refractivity contribution < 1.29 is 0 Å². The summed E-state index contributed by atoms with van der Waals surface area (Å²) in [6.07, 6.45) is 2.23. The lowest BCUT2D eigenvalue weighted by Crippen LogP contribution is -2.43. The Kier molecular flexibility index (Phi) is 5.75. The Morgan fingerprint density at radius 3 is 2.43 bits per heavy atom. The zero-order valence-corrected chi connectivity index (χ0v) is 17.7. The van der Waals surface area contributed by atoms with E-state index in [4.69, 9.17) is 0 Å². The molecule has 1 saturated heterocycles. The van der Waals surface area contributed by atoms with E-state index in [1.807, 2.05) is 0 Å². The standard InChI is InChI=1S/C25H35N3/c1-25(2,3)23-9-10-27-24-21(18-28-13-11-26-12-14-28)16-20(17-22(23)24)15-19-7-5-4-6-8-19/h4-8,16-17,23,26-27H,9-15,18H2,1-3H3. The highest BCUT2D eigenvalue weighted by atomic mass is 15.2. The van der Waals surface area contributed by atoms with Crippen molar-refractivity contribution in [2.75, 3.05) is 38.0 Å². The topological polar surface area (TPSA) is 27.3 Å². The number of hydrogen-bond donors (Lipinski definition) is 2. The molecule has 150 valence electrons. The highest BCUT2D eigenvalue weighted by Crippen LogP contribution is 2.45. The predicted molar refractivity (Wildman–Crippen MR) is 119 cm³/mol. The van der Waals surface area contributed by atoms with Crippen molar-refractivity contribution in [3.63, 3.8) is 0 Å². The first-order chi connectivity index (χ1) is 13.5. The lowest BCUT2D eigenvalue weighted by Gasteiger charge is -2.38. The van der Waals surface area contributed by atoms with Crippen LogP contribution in [0.15, 0.2) is 42.5 Å². The molecule has 0 saturated carbocycles. The molecular formula is C25H35N3. The molecule has 2 aromatic rings. The van der Waals surface area contributed by atoms with Gasteiger partial charge in [0.2, 0.25) is 0 Å². The summed E-state index contributed by atoms with van der Waals surface area (Å²) in [6, 6.07) is 15.8. The number of anilines is 1. The minimum absolute atomic E-state index is 0.286. The maximum Gasteiger partial charge on any atom is 0.0421 e. The van der Waals surface area contributed by atoms with E-state index in [-0.39, 0.29) is 5.41 Å². The van der Waals surface area contributed by atoms with Gasteiger partial charge in [0.15, 0.2) is 0 Å². The van der Waals surface area contributed by atoms with Crippen LogP contribution in [0.2, 0.25) is 0 Å². The van der Waals surface area contributed by atoms with Crippen LogP contribution in [0.25, 0.3) is 0 Å². The Labute approximate surface area is 170 Å². The minimum Gasteiger partial charge on any atom is -0.385 e. The van der Waals surface area contributed by atoms with Gasteiger partial charge in [0, 0.05) is 45.0 Å². The number of piperazine rings is 1. The monoisotopic (exact) mass is 377 g/mol. The van der Waals surface area contributed by atoms with Gasteiger partial charge in [-0.3, -0.25) is 4.90 Å². The minimum atomic E-state index is 0.286. The second-order valence-corrected chi connectivity index (χ2v) is 9.54. The average Bonchev–Trinajstić information content (AvgIpc) is 2.68. The SMILES string of the molecule is CC(C)(C)C1CCNc2c(CN3CCNCC3)cc(Cc3ccccc3)cc21. The maximum absolute atomic E-state index is 3.77. The molecular weight excluding hydrogens is 342 g/mol. The van der Waals surface area contributed by atoms with Crippen molar-refractivity contribution in [2.45, 2.75) is 46.1 Å². The summed E-state index contributed by atoms with van der Waals surface area (Å²) in [6.45, 7) is 13.8. The van der Waals surface area contributed by atoms with Crippen molar-refractivity contribution in [3.05, 3.63) is 64.7 Å². The van der Waals surface area contributed by atoms with Crippen LogP contribution in [0, 0.1) is 5.41 Å². The lowest BCUT2D eigenvalue weighted by atomic mass is 9.72. The molecule has 4 rings (SSSR count). The maximum atomic E-state index is 3.77. The molecule has 0 amide bonds. The first-order valence-electron chi connectivity index (χ1n) is 10.9. The van der Waals surface area contributed by atoms with E-state index >= 15 is 0 Å². The first-order valence-corrected chi connectivity index (χ1v) is 10.9. The fraction of sp³-hybridized carbons (Fsp3) is 0.520.